The SMILES string of the molecule is Nc1ccc(N2CC3(CCOCC3)C2)c2cccnc12. The molecule has 1 spiro atoms. The number of ether oxygens (including phenoxy) is 1. The minimum atomic E-state index is 0.480. The van der Waals surface area contributed by atoms with E-state index in [0.717, 1.165) is 42.9 Å². The van der Waals surface area contributed by atoms with Crippen LogP contribution in [-0.4, -0.2) is 31.3 Å². The number of anilines is 2. The number of nitrogen functional groups attached to an aromatic ring is 1. The summed E-state index contributed by atoms with van der Waals surface area (Å²) in [5.74, 6) is 0. The van der Waals surface area contributed by atoms with Gasteiger partial charge in [0.15, 0.2) is 0 Å². The molecular formula is C16H19N3O. The maximum absolute atomic E-state index is 6.02. The van der Waals surface area contributed by atoms with Crippen molar-refractivity contribution in [1.82, 2.24) is 4.98 Å². The van der Waals surface area contributed by atoms with E-state index in [4.69, 9.17) is 10.5 Å². The fraction of sp³-hybridized carbons (Fsp3) is 0.438. The van der Waals surface area contributed by atoms with Crippen molar-refractivity contribution in [2.24, 2.45) is 5.41 Å². The van der Waals surface area contributed by atoms with Gasteiger partial charge in [0, 0.05) is 49.0 Å². The molecule has 2 aromatic rings. The Hall–Kier alpha value is -1.81. The van der Waals surface area contributed by atoms with Crippen LogP contribution in [0.2, 0.25) is 0 Å². The first-order valence-corrected chi connectivity index (χ1v) is 7.23. The van der Waals surface area contributed by atoms with E-state index in [0.29, 0.717) is 5.41 Å². The number of hydrogen-bond acceptors (Lipinski definition) is 4. The minimum Gasteiger partial charge on any atom is -0.397 e. The van der Waals surface area contributed by atoms with Gasteiger partial charge in [-0.2, -0.15) is 0 Å². The van der Waals surface area contributed by atoms with Gasteiger partial charge in [-0.3, -0.25) is 4.98 Å². The van der Waals surface area contributed by atoms with Gasteiger partial charge in [0.1, 0.15) is 0 Å². The van der Waals surface area contributed by atoms with Crippen molar-refractivity contribution in [1.29, 1.82) is 0 Å². The number of benzene rings is 1. The van der Waals surface area contributed by atoms with Crippen LogP contribution < -0.4 is 10.6 Å². The lowest BCUT2D eigenvalue weighted by molar-refractivity contribution is -0.0000990. The van der Waals surface area contributed by atoms with Gasteiger partial charge >= 0.3 is 0 Å². The Bertz CT molecular complexity index is 641. The average Bonchev–Trinajstić information content (AvgIpc) is 2.47. The number of pyridine rings is 1. The maximum Gasteiger partial charge on any atom is 0.0951 e. The van der Waals surface area contributed by atoms with Crippen molar-refractivity contribution in [3.63, 3.8) is 0 Å². The number of nitrogens with two attached hydrogens (primary N) is 1. The van der Waals surface area contributed by atoms with Crippen molar-refractivity contribution >= 4 is 22.3 Å². The van der Waals surface area contributed by atoms with E-state index in [9.17, 15) is 0 Å². The Morgan fingerprint density at radius 1 is 1.15 bits per heavy atom. The van der Waals surface area contributed by atoms with E-state index in [1.807, 2.05) is 12.1 Å². The van der Waals surface area contributed by atoms with Gasteiger partial charge in [-0.05, 0) is 37.1 Å². The summed E-state index contributed by atoms with van der Waals surface area (Å²) in [6.07, 6.45) is 4.18. The second kappa shape index (κ2) is 4.35. The Morgan fingerprint density at radius 2 is 1.95 bits per heavy atom. The van der Waals surface area contributed by atoms with Crippen molar-refractivity contribution in [2.75, 3.05) is 36.9 Å². The second-order valence-electron chi connectivity index (χ2n) is 6.04. The van der Waals surface area contributed by atoms with Gasteiger partial charge in [0.05, 0.1) is 11.2 Å². The van der Waals surface area contributed by atoms with Crippen LogP contribution in [0.1, 0.15) is 12.8 Å². The number of hydrogen-bond donors (Lipinski definition) is 1. The van der Waals surface area contributed by atoms with Crippen molar-refractivity contribution in [3.05, 3.63) is 30.5 Å². The predicted octanol–water partition coefficient (Wildman–Crippen LogP) is 2.43. The smallest absolute Gasteiger partial charge is 0.0951 e. The average molecular weight is 269 g/mol. The largest absolute Gasteiger partial charge is 0.397 e. The highest BCUT2D eigenvalue weighted by Gasteiger charge is 2.44. The lowest BCUT2D eigenvalue weighted by atomic mass is 9.73. The highest BCUT2D eigenvalue weighted by Crippen LogP contribution is 2.44. The van der Waals surface area contributed by atoms with Crippen LogP contribution in [0.3, 0.4) is 0 Å². The van der Waals surface area contributed by atoms with Gasteiger partial charge < -0.3 is 15.4 Å². The quantitative estimate of drug-likeness (QED) is 0.808. The van der Waals surface area contributed by atoms with E-state index < -0.39 is 0 Å². The Labute approximate surface area is 118 Å². The van der Waals surface area contributed by atoms with Crippen LogP contribution in [0.5, 0.6) is 0 Å². The van der Waals surface area contributed by atoms with Crippen LogP contribution >= 0.6 is 0 Å². The summed E-state index contributed by atoms with van der Waals surface area (Å²) in [4.78, 5) is 6.87. The maximum atomic E-state index is 6.02. The lowest BCUT2D eigenvalue weighted by Crippen LogP contribution is -2.58. The van der Waals surface area contributed by atoms with Gasteiger partial charge in [-0.1, -0.05) is 0 Å². The van der Waals surface area contributed by atoms with Crippen molar-refractivity contribution in [3.8, 4) is 0 Å². The lowest BCUT2D eigenvalue weighted by Gasteiger charge is -2.53. The van der Waals surface area contributed by atoms with Gasteiger partial charge in [0.2, 0.25) is 0 Å². The first kappa shape index (κ1) is 12.0. The minimum absolute atomic E-state index is 0.480. The molecule has 104 valence electrons. The molecule has 0 aliphatic carbocycles. The molecule has 3 heterocycles. The van der Waals surface area contributed by atoms with E-state index in [-0.39, 0.29) is 0 Å². The van der Waals surface area contributed by atoms with E-state index in [2.05, 4.69) is 22.0 Å². The summed E-state index contributed by atoms with van der Waals surface area (Å²) < 4.78 is 5.48. The standard InChI is InChI=1S/C16H19N3O/c17-13-3-4-14(12-2-1-7-18-15(12)13)19-10-16(11-19)5-8-20-9-6-16/h1-4,7H,5-6,8-11,17H2. The van der Waals surface area contributed by atoms with Gasteiger partial charge in [-0.15, -0.1) is 0 Å². The molecule has 0 saturated carbocycles. The zero-order chi connectivity index (χ0) is 13.6. The molecule has 4 rings (SSSR count). The molecule has 2 fully saturated rings. The first-order valence-electron chi connectivity index (χ1n) is 7.23. The summed E-state index contributed by atoms with van der Waals surface area (Å²) >= 11 is 0. The highest BCUT2D eigenvalue weighted by atomic mass is 16.5. The summed E-state index contributed by atoms with van der Waals surface area (Å²) in [5.41, 5.74) is 9.44. The molecule has 2 saturated heterocycles. The molecule has 2 aliphatic rings. The summed E-state index contributed by atoms with van der Waals surface area (Å²) in [5, 5.41) is 1.16. The molecule has 20 heavy (non-hydrogen) atoms. The third kappa shape index (κ3) is 1.75. The molecule has 0 radical (unpaired) electrons. The zero-order valence-electron chi connectivity index (χ0n) is 11.5. The summed E-state index contributed by atoms with van der Waals surface area (Å²) in [7, 11) is 0. The molecule has 2 aliphatic heterocycles. The molecule has 0 bridgehead atoms. The van der Waals surface area contributed by atoms with E-state index >= 15 is 0 Å². The molecule has 0 unspecified atom stereocenters. The van der Waals surface area contributed by atoms with Crippen LogP contribution in [0.15, 0.2) is 30.5 Å². The number of nitrogens with zero attached hydrogens (tertiary/aromatic N) is 2. The molecule has 0 atom stereocenters. The molecule has 1 aromatic heterocycles. The molecule has 0 amide bonds. The van der Waals surface area contributed by atoms with Gasteiger partial charge in [-0.25, -0.2) is 0 Å². The Kier molecular flexibility index (Phi) is 2.60. The Morgan fingerprint density at radius 3 is 2.75 bits per heavy atom. The fourth-order valence-corrected chi connectivity index (χ4v) is 3.51. The second-order valence-corrected chi connectivity index (χ2v) is 6.04. The molecule has 4 heteroatoms. The topological polar surface area (TPSA) is 51.4 Å². The fourth-order valence-electron chi connectivity index (χ4n) is 3.51. The highest BCUT2D eigenvalue weighted by molar-refractivity contribution is 5.98. The number of aromatic nitrogens is 1. The number of fused-ring (bicyclic) bond motifs is 1. The van der Waals surface area contributed by atoms with Crippen LogP contribution in [0, 0.1) is 5.41 Å². The Balaban J connectivity index is 1.66. The zero-order valence-corrected chi connectivity index (χ0v) is 11.5. The normalized spacial score (nSPS) is 21.1. The predicted molar refractivity (Wildman–Crippen MR) is 80.9 cm³/mol. The van der Waals surface area contributed by atoms with E-state index in [1.165, 1.54) is 18.5 Å². The van der Waals surface area contributed by atoms with Crippen LogP contribution in [0.25, 0.3) is 10.9 Å². The molecular weight excluding hydrogens is 250 g/mol. The molecule has 4 nitrogen and oxygen atoms in total. The van der Waals surface area contributed by atoms with Crippen LogP contribution in [0.4, 0.5) is 11.4 Å². The number of rotatable bonds is 1. The van der Waals surface area contributed by atoms with Crippen LogP contribution in [-0.2, 0) is 4.74 Å². The third-order valence-electron chi connectivity index (χ3n) is 4.72. The monoisotopic (exact) mass is 269 g/mol. The van der Waals surface area contributed by atoms with Gasteiger partial charge in [0.25, 0.3) is 0 Å². The molecule has 2 N–H and O–H groups in total. The van der Waals surface area contributed by atoms with E-state index in [1.54, 1.807) is 6.20 Å². The first-order chi connectivity index (χ1) is 9.77. The molecule has 1 aromatic carbocycles. The summed E-state index contributed by atoms with van der Waals surface area (Å²) in [6.45, 7) is 4.09. The summed E-state index contributed by atoms with van der Waals surface area (Å²) in [6, 6.07) is 8.20. The third-order valence-corrected chi connectivity index (χ3v) is 4.72. The van der Waals surface area contributed by atoms with Crippen molar-refractivity contribution in [2.45, 2.75) is 12.8 Å². The van der Waals surface area contributed by atoms with Crippen molar-refractivity contribution < 1.29 is 4.74 Å².